The topological polar surface area (TPSA) is 546 Å². The molecule has 109 heavy (non-hydrogen) atoms. The summed E-state index contributed by atoms with van der Waals surface area (Å²) in [5, 5.41) is 136. The lowest BCUT2D eigenvalue weighted by molar-refractivity contribution is -0.320. The maximum absolute atomic E-state index is 16.1. The minimum absolute atomic E-state index is 0.110. The van der Waals surface area contributed by atoms with Gasteiger partial charge in [-0.1, -0.05) is 67.9 Å². The van der Waals surface area contributed by atoms with Crippen molar-refractivity contribution in [2.24, 2.45) is 11.7 Å². The van der Waals surface area contributed by atoms with Crippen molar-refractivity contribution in [1.82, 2.24) is 47.6 Å². The number of hydroxylamine groups is 2. The van der Waals surface area contributed by atoms with Gasteiger partial charge in [-0.15, -0.1) is 0 Å². The van der Waals surface area contributed by atoms with E-state index in [0.717, 1.165) is 71.8 Å². The Kier molecular flexibility index (Phi) is 25.2. The Morgan fingerprint density at radius 2 is 1.35 bits per heavy atom. The van der Waals surface area contributed by atoms with E-state index >= 15 is 14.4 Å². The number of benzene rings is 5. The van der Waals surface area contributed by atoms with Crippen LogP contribution in [0.2, 0.25) is 10.0 Å². The lowest BCUT2D eigenvalue weighted by Gasteiger charge is -2.48. The van der Waals surface area contributed by atoms with Crippen molar-refractivity contribution in [1.29, 1.82) is 0 Å². The molecule has 2 fully saturated rings. The Balaban J connectivity index is 1.19. The zero-order valence-electron chi connectivity index (χ0n) is 59.0. The molecule has 7 aliphatic heterocycles. The number of nitrogens with one attached hydrogen (secondary N) is 8. The first-order valence-corrected chi connectivity index (χ1v) is 34.7. The number of fused-ring (bicyclic) bond motifs is 15. The number of halogens is 2. The van der Waals surface area contributed by atoms with E-state index < -0.39 is 243 Å². The summed E-state index contributed by atoms with van der Waals surface area (Å²) in [6.45, 7) is 9.41. The van der Waals surface area contributed by atoms with E-state index in [4.69, 9.17) is 62.2 Å². The Hall–Kier alpha value is -10.2. The van der Waals surface area contributed by atoms with Crippen molar-refractivity contribution in [2.45, 2.75) is 156 Å². The third kappa shape index (κ3) is 17.8. The lowest BCUT2D eigenvalue weighted by atomic mass is 9.84. The predicted octanol–water partition coefficient (Wildman–Crippen LogP) is 0.907. The van der Waals surface area contributed by atoms with Crippen LogP contribution in [0, 0.1) is 5.92 Å². The number of nitrogens with zero attached hydrogens (tertiary/aromatic N) is 1. The molecule has 7 aliphatic rings. The Morgan fingerprint density at radius 1 is 0.734 bits per heavy atom. The minimum atomic E-state index is -2.37. The number of carboxylic acids is 1. The molecule has 0 spiro atoms. The number of carboxylic acid groups (broad SMARTS) is 1. The summed E-state index contributed by atoms with van der Waals surface area (Å²) in [4.78, 5) is 136. The highest BCUT2D eigenvalue weighted by Crippen LogP contribution is 2.50. The highest BCUT2D eigenvalue weighted by Gasteiger charge is 2.52. The maximum atomic E-state index is 16.1. The Bertz CT molecular complexity index is 4370. The number of nitrogens with two attached hydrogens (primary N) is 1. The molecular weight excluding hydrogens is 1480 g/mol. The number of aliphatic hydroxyl groups is 6. The van der Waals surface area contributed by atoms with Gasteiger partial charge in [0.1, 0.15) is 115 Å². The van der Waals surface area contributed by atoms with Gasteiger partial charge in [0.05, 0.1) is 47.8 Å². The number of carbonyl (C=O) groups is 9. The lowest BCUT2D eigenvalue weighted by Crippen LogP contribution is -2.67. The molecule has 8 amide bonds. The number of phenols is 3. The van der Waals surface area contributed by atoms with Gasteiger partial charge in [0.25, 0.3) is 0 Å². The summed E-state index contributed by atoms with van der Waals surface area (Å²) >= 11 is 14.1. The number of hydrogen-bond donors (Lipinski definition) is 19. The fourth-order valence-corrected chi connectivity index (χ4v) is 13.7. The number of hydrogen-bond acceptors (Lipinski definition) is 27. The van der Waals surface area contributed by atoms with Gasteiger partial charge in [-0.2, -0.15) is 5.06 Å². The van der Waals surface area contributed by atoms with Crippen molar-refractivity contribution in [3.8, 4) is 57.1 Å². The summed E-state index contributed by atoms with van der Waals surface area (Å²) in [7, 11) is 2.67. The van der Waals surface area contributed by atoms with Crippen molar-refractivity contribution in [3.05, 3.63) is 129 Å². The van der Waals surface area contributed by atoms with Gasteiger partial charge < -0.3 is 128 Å². The summed E-state index contributed by atoms with van der Waals surface area (Å²) in [5.41, 5.74) is 1.31. The van der Waals surface area contributed by atoms with Crippen LogP contribution in [0.3, 0.4) is 0 Å². The molecule has 586 valence electrons. The number of primary amides is 1. The van der Waals surface area contributed by atoms with Crippen molar-refractivity contribution >= 4 is 76.6 Å². The molecule has 0 saturated carbocycles. The van der Waals surface area contributed by atoms with Gasteiger partial charge in [0.2, 0.25) is 53.4 Å². The van der Waals surface area contributed by atoms with Crippen LogP contribution in [-0.4, -0.2) is 216 Å². The smallest absolute Gasteiger partial charge is 0.407 e. The number of aliphatic hydroxyl groups excluding tert-OH is 6. The second-order valence-corrected chi connectivity index (χ2v) is 28.0. The van der Waals surface area contributed by atoms with Crippen molar-refractivity contribution in [2.75, 3.05) is 27.3 Å². The molecule has 7 heterocycles. The number of amides is 8. The Morgan fingerprint density at radius 3 is 1.94 bits per heavy atom. The van der Waals surface area contributed by atoms with Gasteiger partial charge in [-0.05, 0) is 110 Å². The fraction of sp³-hybridized carbons (Fsp3) is 0.423. The fourth-order valence-electron chi connectivity index (χ4n) is 13.3. The molecule has 0 radical (unpaired) electrons. The van der Waals surface area contributed by atoms with Gasteiger partial charge >= 0.3 is 12.1 Å². The van der Waals surface area contributed by atoms with Gasteiger partial charge in [-0.25, -0.2) is 9.59 Å². The minimum Gasteiger partial charge on any atom is -0.508 e. The van der Waals surface area contributed by atoms with Crippen molar-refractivity contribution < 1.29 is 127 Å². The average Bonchev–Trinajstić information content (AvgIpc) is 0.771. The van der Waals surface area contributed by atoms with Crippen LogP contribution in [0.4, 0.5) is 4.79 Å². The molecule has 18 atom stereocenters. The second-order valence-electron chi connectivity index (χ2n) is 27.2. The van der Waals surface area contributed by atoms with Crippen LogP contribution < -0.4 is 62.5 Å². The summed E-state index contributed by atoms with van der Waals surface area (Å²) in [6.07, 6.45) is -18.9. The van der Waals surface area contributed by atoms with Gasteiger partial charge in [0.15, 0.2) is 17.5 Å². The molecule has 38 heteroatoms. The third-order valence-electron chi connectivity index (χ3n) is 18.9. The summed E-state index contributed by atoms with van der Waals surface area (Å²) < 4.78 is 37.3. The Labute approximate surface area is 630 Å². The number of aromatic hydroxyl groups is 3. The highest BCUT2D eigenvalue weighted by atomic mass is 35.5. The van der Waals surface area contributed by atoms with Crippen LogP contribution in [0.15, 0.2) is 91.5 Å². The van der Waals surface area contributed by atoms with Gasteiger partial charge in [-0.3, -0.25) is 38.4 Å². The zero-order valence-corrected chi connectivity index (χ0v) is 60.5. The molecular formula is C71H82Cl2N10O26. The first-order valence-electron chi connectivity index (χ1n) is 34.0. The highest BCUT2D eigenvalue weighted by molar-refractivity contribution is 6.32. The average molecular weight is 1560 g/mol. The molecule has 0 aromatic heterocycles. The number of ether oxygens (including phenoxy) is 6. The zero-order chi connectivity index (χ0) is 79.5. The summed E-state index contributed by atoms with van der Waals surface area (Å²) in [5.74, 6) is -16.3. The first kappa shape index (κ1) is 81.3. The number of alkyl carbamates (subject to hydrolysis) is 1. The van der Waals surface area contributed by atoms with E-state index in [0.29, 0.717) is 0 Å². The summed E-state index contributed by atoms with van der Waals surface area (Å²) in [6, 6.07) is -1.02. The standard InChI is InChI=1S/C71H82Cl2N10O26/c1-8-15-104-70(102)82-71(5)25-48(105-28(4)61(71)93)83(103-7)26-46-57(90)58(91)59(92)69(108-46)109-60-44-20-32-21-45(60)107-43-14-11-31(19-37(43)73)56(89)54-67(99)79-52(68(100)101)35-22-33(84)23-41(86)49(35)34-17-29(9-12-40(34)85)50(64(96)81-54)78-65(97)51(32)77-63(95)39(24-47(74)87)76-66(98)53(80-62(94)38(75-6)16-27(2)3)55(88)30-10-13-42(106-44)36(72)18-30/h8-14,17-23,27-28,38-39,46,48,50-59,61,69,75,84-86,88-93H,1,15-16,24-26H2,2-7H3,(H2,74,87)(H,76,98)(H,77,95)(H,78,97)(H,79,99)(H,80,94)(H,81,96)(H,82,102)(H,100,101)/t28-,38+,39-,46+,48+,50+,51+,52-,53+,54-,55+,56+,57+,58-,59+,61+,69-,71-/m0/s1. The molecule has 36 nitrogen and oxygen atoms in total. The molecule has 2 saturated heterocycles. The predicted molar refractivity (Wildman–Crippen MR) is 378 cm³/mol. The third-order valence-corrected chi connectivity index (χ3v) is 19.5. The molecule has 20 N–H and O–H groups in total. The SMILES string of the molecule is C=CCOC(=O)N[C@@]1(C)C[C@H](N(C[C@H]2O[C@@H](Oc3c4cc5cc3Oc3ccc(cc3Cl)[C@@H](O)[C@@H](NC(=O)[C@@H](CC(C)C)NC)C(=O)N[C@@H](CC(N)=O)C(=O)N[C@H]5C(=O)N[C@H]3C(=O)N[C@H](C(=O)N[C@H](C(=O)O)c5cc(O)cc(O)c5-c5cc3ccc5O)[C@H](O)c3ccc(c(Cl)c3)O4)[C@H](O)[C@@H](O)[C@@H]2O)OC)O[C@@H](C)[C@H]1O. The van der Waals surface area contributed by atoms with Crippen molar-refractivity contribution in [3.63, 3.8) is 0 Å². The van der Waals surface area contributed by atoms with Crippen LogP contribution >= 0.6 is 23.2 Å². The number of likely N-dealkylation sites (N-methyl/N-ethyl adjacent to an activating group) is 1. The number of phenolic OH excluding ortho intramolecular Hbond substituents is 3. The van der Waals surface area contributed by atoms with E-state index in [1.165, 1.54) is 46.2 Å². The monoisotopic (exact) mass is 1560 g/mol. The van der Waals surface area contributed by atoms with E-state index in [1.54, 1.807) is 0 Å². The number of aliphatic carboxylic acids is 1. The second kappa shape index (κ2) is 33.7. The van der Waals surface area contributed by atoms with Crippen LogP contribution in [-0.2, 0) is 57.4 Å². The molecule has 11 bridgehead atoms. The van der Waals surface area contributed by atoms with E-state index in [2.05, 4.69) is 49.1 Å². The molecule has 0 unspecified atom stereocenters. The van der Waals surface area contributed by atoms with E-state index in [1.807, 2.05) is 13.8 Å². The van der Waals surface area contributed by atoms with Crippen LogP contribution in [0.1, 0.15) is 105 Å². The maximum Gasteiger partial charge on any atom is 0.407 e. The van der Waals surface area contributed by atoms with Gasteiger partial charge in [0, 0.05) is 29.2 Å². The largest absolute Gasteiger partial charge is 0.508 e. The first-order chi connectivity index (χ1) is 51.5. The van der Waals surface area contributed by atoms with Crippen LogP contribution in [0.5, 0.6) is 46.0 Å². The van der Waals surface area contributed by atoms with E-state index in [9.17, 15) is 79.8 Å². The van der Waals surface area contributed by atoms with E-state index in [-0.39, 0.29) is 52.8 Å². The number of carbonyl (C=O) groups excluding carboxylic acids is 8. The number of rotatable bonds is 17. The normalized spacial score (nSPS) is 28.1. The molecule has 5 aromatic rings. The van der Waals surface area contributed by atoms with Crippen LogP contribution in [0.25, 0.3) is 11.1 Å². The quantitative estimate of drug-likeness (QED) is 0.0454. The molecule has 5 aromatic carbocycles. The molecule has 12 rings (SSSR count). The molecule has 0 aliphatic carbocycles.